The number of hydrogen-bond donors (Lipinski definition) is 2. The van der Waals surface area contributed by atoms with Gasteiger partial charge in [0.2, 0.25) is 0 Å². The Bertz CT molecular complexity index is 201. The highest BCUT2D eigenvalue weighted by Crippen LogP contribution is 2.30. The van der Waals surface area contributed by atoms with Gasteiger partial charge in [-0.3, -0.25) is 0 Å². The molecule has 3 N–H and O–H groups in total. The maximum Gasteiger partial charge on any atom is 0.00978 e. The minimum absolute atomic E-state index is 0.629. The van der Waals surface area contributed by atoms with Crippen LogP contribution in [-0.4, -0.2) is 19.1 Å². The standard InChI is InChI=1S/C15H32N2/c1-11(2)13(9-16)10-17-15-8-6-5-7-14(15)12(3)4/h11-15,17H,5-10,16H2,1-4H3. The smallest absolute Gasteiger partial charge is 0.00978 e. The van der Waals surface area contributed by atoms with Crippen molar-refractivity contribution in [2.24, 2.45) is 29.4 Å². The van der Waals surface area contributed by atoms with Crippen molar-refractivity contribution < 1.29 is 0 Å². The predicted molar refractivity (Wildman–Crippen MR) is 76.0 cm³/mol. The fraction of sp³-hybridized carbons (Fsp3) is 1.00. The molecule has 0 amide bonds. The molecule has 0 radical (unpaired) electrons. The molecule has 1 fully saturated rings. The van der Waals surface area contributed by atoms with E-state index in [4.69, 9.17) is 5.73 Å². The summed E-state index contributed by atoms with van der Waals surface area (Å²) in [7, 11) is 0. The quantitative estimate of drug-likeness (QED) is 0.749. The Morgan fingerprint density at radius 2 is 1.76 bits per heavy atom. The van der Waals surface area contributed by atoms with Crippen molar-refractivity contribution in [1.82, 2.24) is 5.32 Å². The molecule has 0 heterocycles. The summed E-state index contributed by atoms with van der Waals surface area (Å²) in [6.45, 7) is 11.2. The molecule has 1 aliphatic carbocycles. The van der Waals surface area contributed by atoms with Crippen LogP contribution in [0.2, 0.25) is 0 Å². The van der Waals surface area contributed by atoms with Crippen LogP contribution in [-0.2, 0) is 0 Å². The van der Waals surface area contributed by atoms with E-state index in [2.05, 4.69) is 33.0 Å². The van der Waals surface area contributed by atoms with Gasteiger partial charge in [0.15, 0.2) is 0 Å². The molecule has 2 heteroatoms. The maximum absolute atomic E-state index is 5.84. The van der Waals surface area contributed by atoms with E-state index in [9.17, 15) is 0 Å². The van der Waals surface area contributed by atoms with E-state index >= 15 is 0 Å². The zero-order valence-electron chi connectivity index (χ0n) is 12.2. The Morgan fingerprint density at radius 3 is 2.29 bits per heavy atom. The van der Waals surface area contributed by atoms with Crippen LogP contribution in [0.25, 0.3) is 0 Å². The third-order valence-electron chi connectivity index (χ3n) is 4.56. The zero-order valence-corrected chi connectivity index (χ0v) is 12.2. The summed E-state index contributed by atoms with van der Waals surface area (Å²) in [5.41, 5.74) is 5.84. The molecule has 17 heavy (non-hydrogen) atoms. The first-order valence-electron chi connectivity index (χ1n) is 7.49. The number of nitrogens with one attached hydrogen (secondary N) is 1. The highest BCUT2D eigenvalue weighted by molar-refractivity contribution is 4.84. The zero-order chi connectivity index (χ0) is 12.8. The molecule has 0 bridgehead atoms. The molecule has 3 unspecified atom stereocenters. The molecule has 2 nitrogen and oxygen atoms in total. The number of nitrogens with two attached hydrogens (primary N) is 1. The lowest BCUT2D eigenvalue weighted by atomic mass is 9.77. The van der Waals surface area contributed by atoms with Crippen LogP contribution >= 0.6 is 0 Å². The first-order valence-corrected chi connectivity index (χ1v) is 7.49. The Labute approximate surface area is 108 Å². The molecule has 102 valence electrons. The molecular weight excluding hydrogens is 208 g/mol. The summed E-state index contributed by atoms with van der Waals surface area (Å²) in [6.07, 6.45) is 5.59. The molecule has 0 aromatic rings. The summed E-state index contributed by atoms with van der Waals surface area (Å²) in [4.78, 5) is 0. The third-order valence-corrected chi connectivity index (χ3v) is 4.56. The molecule has 0 saturated heterocycles. The fourth-order valence-electron chi connectivity index (χ4n) is 3.10. The van der Waals surface area contributed by atoms with Gasteiger partial charge in [-0.25, -0.2) is 0 Å². The first-order chi connectivity index (χ1) is 8.06. The molecule has 1 rings (SSSR count). The van der Waals surface area contributed by atoms with Crippen LogP contribution in [0, 0.1) is 23.7 Å². The van der Waals surface area contributed by atoms with E-state index in [1.165, 1.54) is 25.7 Å². The normalized spacial score (nSPS) is 27.7. The van der Waals surface area contributed by atoms with E-state index in [-0.39, 0.29) is 0 Å². The average molecular weight is 240 g/mol. The topological polar surface area (TPSA) is 38.0 Å². The van der Waals surface area contributed by atoms with Gasteiger partial charge in [-0.2, -0.15) is 0 Å². The van der Waals surface area contributed by atoms with Crippen molar-refractivity contribution >= 4 is 0 Å². The summed E-state index contributed by atoms with van der Waals surface area (Å²) in [5.74, 6) is 3.00. The Kier molecular flexibility index (Phi) is 6.50. The SMILES string of the molecule is CC(C)C(CN)CNC1CCCCC1C(C)C. The molecule has 0 aliphatic heterocycles. The van der Waals surface area contributed by atoms with Crippen LogP contribution < -0.4 is 11.1 Å². The predicted octanol–water partition coefficient (Wildman–Crippen LogP) is 3.02. The van der Waals surface area contributed by atoms with Crippen molar-refractivity contribution in [3.05, 3.63) is 0 Å². The minimum atomic E-state index is 0.629. The second-order valence-corrected chi connectivity index (χ2v) is 6.45. The van der Waals surface area contributed by atoms with E-state index in [1.54, 1.807) is 0 Å². The van der Waals surface area contributed by atoms with Gasteiger partial charge in [-0.05, 0) is 49.6 Å². The van der Waals surface area contributed by atoms with Gasteiger partial charge >= 0.3 is 0 Å². The van der Waals surface area contributed by atoms with Crippen molar-refractivity contribution in [3.8, 4) is 0 Å². The molecule has 3 atom stereocenters. The third kappa shape index (κ3) is 4.59. The first kappa shape index (κ1) is 15.0. The summed E-state index contributed by atoms with van der Waals surface area (Å²) >= 11 is 0. The van der Waals surface area contributed by atoms with Crippen LogP contribution in [0.3, 0.4) is 0 Å². The van der Waals surface area contributed by atoms with Crippen molar-refractivity contribution in [2.45, 2.75) is 59.4 Å². The van der Waals surface area contributed by atoms with E-state index < -0.39 is 0 Å². The van der Waals surface area contributed by atoms with Crippen LogP contribution in [0.1, 0.15) is 53.4 Å². The van der Waals surface area contributed by atoms with Gasteiger partial charge in [-0.1, -0.05) is 40.5 Å². The van der Waals surface area contributed by atoms with Crippen LogP contribution in [0.5, 0.6) is 0 Å². The summed E-state index contributed by atoms with van der Waals surface area (Å²) in [5, 5.41) is 3.81. The Balaban J connectivity index is 2.42. The summed E-state index contributed by atoms with van der Waals surface area (Å²) < 4.78 is 0. The van der Waals surface area contributed by atoms with Crippen LogP contribution in [0.15, 0.2) is 0 Å². The van der Waals surface area contributed by atoms with Crippen molar-refractivity contribution in [2.75, 3.05) is 13.1 Å². The van der Waals surface area contributed by atoms with E-state index in [0.29, 0.717) is 11.8 Å². The Morgan fingerprint density at radius 1 is 1.12 bits per heavy atom. The molecule has 0 spiro atoms. The van der Waals surface area contributed by atoms with Gasteiger partial charge in [0.25, 0.3) is 0 Å². The molecule has 0 aromatic carbocycles. The second-order valence-electron chi connectivity index (χ2n) is 6.45. The van der Waals surface area contributed by atoms with Crippen molar-refractivity contribution in [3.63, 3.8) is 0 Å². The number of rotatable bonds is 6. The average Bonchev–Trinajstić information content (AvgIpc) is 2.29. The lowest BCUT2D eigenvalue weighted by Crippen LogP contribution is -2.44. The molecule has 1 saturated carbocycles. The Hall–Kier alpha value is -0.0800. The lowest BCUT2D eigenvalue weighted by molar-refractivity contribution is 0.194. The minimum Gasteiger partial charge on any atom is -0.330 e. The van der Waals surface area contributed by atoms with E-state index in [1.807, 2.05) is 0 Å². The van der Waals surface area contributed by atoms with E-state index in [0.717, 1.165) is 31.0 Å². The monoisotopic (exact) mass is 240 g/mol. The van der Waals surface area contributed by atoms with Gasteiger partial charge < -0.3 is 11.1 Å². The maximum atomic E-state index is 5.84. The van der Waals surface area contributed by atoms with Gasteiger partial charge in [0, 0.05) is 6.04 Å². The summed E-state index contributed by atoms with van der Waals surface area (Å²) in [6, 6.07) is 0.733. The molecule has 1 aliphatic rings. The second kappa shape index (κ2) is 7.38. The highest BCUT2D eigenvalue weighted by atomic mass is 14.9. The lowest BCUT2D eigenvalue weighted by Gasteiger charge is -2.36. The fourth-order valence-corrected chi connectivity index (χ4v) is 3.10. The molecular formula is C15H32N2. The largest absolute Gasteiger partial charge is 0.330 e. The molecule has 0 aromatic heterocycles. The number of hydrogen-bond acceptors (Lipinski definition) is 2. The highest BCUT2D eigenvalue weighted by Gasteiger charge is 2.27. The van der Waals surface area contributed by atoms with Gasteiger partial charge in [0.05, 0.1) is 0 Å². The van der Waals surface area contributed by atoms with Gasteiger partial charge in [-0.15, -0.1) is 0 Å². The van der Waals surface area contributed by atoms with Crippen LogP contribution in [0.4, 0.5) is 0 Å². The van der Waals surface area contributed by atoms with Crippen molar-refractivity contribution in [1.29, 1.82) is 0 Å². The van der Waals surface area contributed by atoms with Gasteiger partial charge in [0.1, 0.15) is 0 Å².